The molecule has 1 rings (SSSR count). The number of hydrogen-bond donors (Lipinski definition) is 1. The van der Waals surface area contributed by atoms with Crippen LogP contribution in [0.25, 0.3) is 0 Å². The van der Waals surface area contributed by atoms with Crippen molar-refractivity contribution in [2.75, 3.05) is 0 Å². The molecule has 4 nitrogen and oxygen atoms in total. The molecule has 1 aromatic rings. The molecule has 106 valence electrons. The van der Waals surface area contributed by atoms with Gasteiger partial charge in [-0.3, -0.25) is 0 Å². The highest BCUT2D eigenvalue weighted by atomic mass is 127. The summed E-state index contributed by atoms with van der Waals surface area (Å²) in [5, 5.41) is 8.66. The number of hydrogen-bond acceptors (Lipinski definition) is 3. The molecule has 1 heterocycles. The SMILES string of the molecule is O=C(O)c1c(C(F)(F)F)cnc(OC(F)(F)F)c1I. The highest BCUT2D eigenvalue weighted by Gasteiger charge is 2.40. The van der Waals surface area contributed by atoms with Crippen LogP contribution in [0.1, 0.15) is 15.9 Å². The van der Waals surface area contributed by atoms with E-state index in [1.807, 2.05) is 0 Å². The van der Waals surface area contributed by atoms with Crippen LogP contribution in [0.4, 0.5) is 26.3 Å². The zero-order valence-corrected chi connectivity index (χ0v) is 10.6. The maximum atomic E-state index is 12.5. The van der Waals surface area contributed by atoms with Crippen molar-refractivity contribution in [3.8, 4) is 5.88 Å². The van der Waals surface area contributed by atoms with Crippen molar-refractivity contribution in [3.63, 3.8) is 0 Å². The van der Waals surface area contributed by atoms with Gasteiger partial charge >= 0.3 is 18.5 Å². The van der Waals surface area contributed by atoms with Gasteiger partial charge in [0.2, 0.25) is 5.88 Å². The number of nitrogens with zero attached hydrogens (tertiary/aromatic N) is 1. The quantitative estimate of drug-likeness (QED) is 0.611. The number of aromatic nitrogens is 1. The van der Waals surface area contributed by atoms with Crippen LogP contribution in [0.3, 0.4) is 0 Å². The van der Waals surface area contributed by atoms with Crippen molar-refractivity contribution >= 4 is 28.6 Å². The molecule has 1 N–H and O–H groups in total. The minimum absolute atomic E-state index is 0.0211. The van der Waals surface area contributed by atoms with Crippen LogP contribution in [0.5, 0.6) is 5.88 Å². The van der Waals surface area contributed by atoms with Crippen LogP contribution in [0.15, 0.2) is 6.20 Å². The molecule has 0 aromatic carbocycles. The summed E-state index contributed by atoms with van der Waals surface area (Å²) >= 11 is 0.993. The first-order valence-corrected chi connectivity index (χ1v) is 5.26. The predicted octanol–water partition coefficient (Wildman–Crippen LogP) is 3.30. The third-order valence-corrected chi connectivity index (χ3v) is 2.72. The topological polar surface area (TPSA) is 59.4 Å². The lowest BCUT2D eigenvalue weighted by molar-refractivity contribution is -0.276. The van der Waals surface area contributed by atoms with E-state index in [9.17, 15) is 31.1 Å². The van der Waals surface area contributed by atoms with Gasteiger partial charge < -0.3 is 9.84 Å². The van der Waals surface area contributed by atoms with E-state index in [1.165, 1.54) is 0 Å². The van der Waals surface area contributed by atoms with Crippen LogP contribution in [0, 0.1) is 3.57 Å². The Kier molecular flexibility index (Phi) is 4.17. The average Bonchev–Trinajstić information content (AvgIpc) is 2.16. The van der Waals surface area contributed by atoms with E-state index in [2.05, 4.69) is 9.72 Å². The lowest BCUT2D eigenvalue weighted by Crippen LogP contribution is -2.21. The Bertz CT molecular complexity index is 512. The lowest BCUT2D eigenvalue weighted by Gasteiger charge is -2.14. The highest BCUT2D eigenvalue weighted by molar-refractivity contribution is 14.1. The fourth-order valence-electron chi connectivity index (χ4n) is 1.07. The molecular formula is C8H2F6INO3. The molecule has 11 heteroatoms. The van der Waals surface area contributed by atoms with E-state index in [-0.39, 0.29) is 6.20 Å². The lowest BCUT2D eigenvalue weighted by atomic mass is 10.1. The van der Waals surface area contributed by atoms with Crippen molar-refractivity contribution < 1.29 is 41.0 Å². The average molecular weight is 401 g/mol. The summed E-state index contributed by atoms with van der Waals surface area (Å²) in [5.74, 6) is -3.29. The molecule has 1 aromatic heterocycles. The van der Waals surface area contributed by atoms with Crippen molar-refractivity contribution in [2.45, 2.75) is 12.5 Å². The highest BCUT2D eigenvalue weighted by Crippen LogP contribution is 2.37. The second-order valence-electron chi connectivity index (χ2n) is 3.02. The molecule has 0 spiro atoms. The van der Waals surface area contributed by atoms with E-state index in [4.69, 9.17) is 5.11 Å². The number of pyridine rings is 1. The summed E-state index contributed by atoms with van der Waals surface area (Å²) in [6.07, 6.45) is -10.3. The molecule has 0 atom stereocenters. The van der Waals surface area contributed by atoms with Crippen LogP contribution in [-0.4, -0.2) is 22.4 Å². The second kappa shape index (κ2) is 5.02. The smallest absolute Gasteiger partial charge is 0.478 e. The standard InChI is InChI=1S/C8H2F6INO3/c9-7(10,11)2-1-16-5(19-8(12,13)14)4(15)3(2)6(17)18/h1H,(H,17,18). The number of aromatic carboxylic acids is 1. The van der Waals surface area contributed by atoms with Gasteiger partial charge in [0.05, 0.1) is 14.7 Å². The maximum absolute atomic E-state index is 12.5. The van der Waals surface area contributed by atoms with Gasteiger partial charge in [0.1, 0.15) is 0 Å². The van der Waals surface area contributed by atoms with E-state index in [0.717, 1.165) is 22.6 Å². The molecule has 0 unspecified atom stereocenters. The predicted molar refractivity (Wildman–Crippen MR) is 55.6 cm³/mol. The number of halogens is 7. The van der Waals surface area contributed by atoms with Gasteiger partial charge in [-0.1, -0.05) is 0 Å². The monoisotopic (exact) mass is 401 g/mol. The molecule has 0 saturated carbocycles. The molecule has 0 aliphatic carbocycles. The van der Waals surface area contributed by atoms with E-state index < -0.39 is 39.1 Å². The molecule has 0 aliphatic rings. The zero-order valence-electron chi connectivity index (χ0n) is 8.43. The van der Waals surface area contributed by atoms with Gasteiger partial charge in [-0.2, -0.15) is 13.2 Å². The Morgan fingerprint density at radius 2 is 1.79 bits per heavy atom. The first kappa shape index (κ1) is 15.8. The summed E-state index contributed by atoms with van der Waals surface area (Å²) in [7, 11) is 0. The van der Waals surface area contributed by atoms with Gasteiger partial charge in [-0.05, 0) is 22.6 Å². The van der Waals surface area contributed by atoms with Gasteiger partial charge in [0.15, 0.2) is 0 Å². The summed E-state index contributed by atoms with van der Waals surface area (Å²) in [6.45, 7) is 0. The van der Waals surface area contributed by atoms with E-state index in [1.54, 1.807) is 0 Å². The summed E-state index contributed by atoms with van der Waals surface area (Å²) < 4.78 is 75.8. The molecule has 0 saturated heterocycles. The first-order valence-electron chi connectivity index (χ1n) is 4.18. The third kappa shape index (κ3) is 3.84. The Balaban J connectivity index is 3.45. The first-order chi connectivity index (χ1) is 8.43. The number of carbonyl (C=O) groups is 1. The summed E-state index contributed by atoms with van der Waals surface area (Å²) in [5.41, 5.74) is -3.00. The van der Waals surface area contributed by atoms with Crippen LogP contribution < -0.4 is 4.74 Å². The van der Waals surface area contributed by atoms with Gasteiger partial charge in [-0.15, -0.1) is 13.2 Å². The van der Waals surface area contributed by atoms with Crippen molar-refractivity contribution in [1.82, 2.24) is 4.98 Å². The third-order valence-electron chi connectivity index (χ3n) is 1.72. The van der Waals surface area contributed by atoms with Crippen molar-refractivity contribution in [3.05, 3.63) is 20.9 Å². The maximum Gasteiger partial charge on any atom is 0.574 e. The van der Waals surface area contributed by atoms with E-state index >= 15 is 0 Å². The fraction of sp³-hybridized carbons (Fsp3) is 0.250. The molecule has 19 heavy (non-hydrogen) atoms. The minimum atomic E-state index is -5.19. The minimum Gasteiger partial charge on any atom is -0.478 e. The van der Waals surface area contributed by atoms with Gasteiger partial charge in [0, 0.05) is 6.20 Å². The number of alkyl halides is 6. The number of carboxylic acid groups (broad SMARTS) is 1. The molecule has 0 amide bonds. The summed E-state index contributed by atoms with van der Waals surface area (Å²) in [6, 6.07) is 0. The Morgan fingerprint density at radius 1 is 1.26 bits per heavy atom. The van der Waals surface area contributed by atoms with E-state index in [0.29, 0.717) is 0 Å². The summed E-state index contributed by atoms with van der Waals surface area (Å²) in [4.78, 5) is 13.6. The molecular weight excluding hydrogens is 399 g/mol. The number of carboxylic acids is 1. The zero-order chi connectivity index (χ0) is 15.0. The van der Waals surface area contributed by atoms with Crippen LogP contribution in [-0.2, 0) is 6.18 Å². The van der Waals surface area contributed by atoms with Crippen molar-refractivity contribution in [1.29, 1.82) is 0 Å². The number of ether oxygens (including phenoxy) is 1. The van der Waals surface area contributed by atoms with Crippen molar-refractivity contribution in [2.24, 2.45) is 0 Å². The molecule has 0 radical (unpaired) electrons. The Hall–Kier alpha value is -1.27. The fourth-order valence-corrected chi connectivity index (χ4v) is 1.84. The Labute approximate surface area is 114 Å². The normalized spacial score (nSPS) is 12.4. The van der Waals surface area contributed by atoms with Crippen LogP contribution in [0.2, 0.25) is 0 Å². The number of rotatable bonds is 2. The Morgan fingerprint density at radius 3 is 2.16 bits per heavy atom. The second-order valence-corrected chi connectivity index (χ2v) is 4.10. The molecule has 0 aliphatic heterocycles. The molecule has 0 bridgehead atoms. The van der Waals surface area contributed by atoms with Gasteiger partial charge in [0.25, 0.3) is 0 Å². The largest absolute Gasteiger partial charge is 0.574 e. The van der Waals surface area contributed by atoms with Crippen LogP contribution >= 0.6 is 22.6 Å². The van der Waals surface area contributed by atoms with Gasteiger partial charge in [-0.25, -0.2) is 9.78 Å². The molecule has 0 fully saturated rings.